The first-order chi connectivity index (χ1) is 8.18. The molecule has 0 saturated heterocycles. The Morgan fingerprint density at radius 2 is 2.06 bits per heavy atom. The second-order valence-electron chi connectivity index (χ2n) is 4.44. The van der Waals surface area contributed by atoms with Crippen molar-refractivity contribution in [3.63, 3.8) is 0 Å². The Morgan fingerprint density at radius 3 is 2.82 bits per heavy atom. The molecule has 0 saturated carbocycles. The standard InChI is InChI=1S/C13H12ClNO2/c14-12-8(13(16)17)5-6-10-11(12)7-3-1-2-4-9(7)15-10/h5-6,15H,1-4H2,(H,16,17). The van der Waals surface area contributed by atoms with Crippen LogP contribution in [-0.2, 0) is 12.8 Å². The fourth-order valence-corrected chi connectivity index (χ4v) is 2.98. The molecule has 0 aliphatic heterocycles. The largest absolute Gasteiger partial charge is 0.478 e. The number of aromatic nitrogens is 1. The first-order valence-corrected chi connectivity index (χ1v) is 6.11. The zero-order valence-corrected chi connectivity index (χ0v) is 9.97. The van der Waals surface area contributed by atoms with Crippen LogP contribution in [0.15, 0.2) is 12.1 Å². The van der Waals surface area contributed by atoms with Gasteiger partial charge in [-0.25, -0.2) is 4.79 Å². The van der Waals surface area contributed by atoms with Crippen molar-refractivity contribution in [3.8, 4) is 0 Å². The fourth-order valence-electron chi connectivity index (χ4n) is 2.62. The second kappa shape index (κ2) is 3.77. The number of hydrogen-bond donors (Lipinski definition) is 2. The third kappa shape index (κ3) is 1.53. The van der Waals surface area contributed by atoms with Gasteiger partial charge in [0.1, 0.15) is 0 Å². The number of halogens is 1. The third-order valence-corrected chi connectivity index (χ3v) is 3.82. The van der Waals surface area contributed by atoms with Crippen LogP contribution in [0.3, 0.4) is 0 Å². The Bertz CT molecular complexity index is 615. The number of H-pyrrole nitrogens is 1. The van der Waals surface area contributed by atoms with Crippen molar-refractivity contribution in [2.75, 3.05) is 0 Å². The minimum Gasteiger partial charge on any atom is -0.478 e. The lowest BCUT2D eigenvalue weighted by atomic mass is 9.95. The van der Waals surface area contributed by atoms with Gasteiger partial charge in [-0.1, -0.05) is 11.6 Å². The maximum atomic E-state index is 11.1. The van der Waals surface area contributed by atoms with Crippen molar-refractivity contribution in [2.45, 2.75) is 25.7 Å². The molecule has 3 rings (SSSR count). The van der Waals surface area contributed by atoms with Gasteiger partial charge in [0, 0.05) is 16.6 Å². The highest BCUT2D eigenvalue weighted by Gasteiger charge is 2.20. The third-order valence-electron chi connectivity index (χ3n) is 3.43. The molecule has 1 aromatic carbocycles. The number of aryl methyl sites for hydroxylation is 2. The number of hydrogen-bond acceptors (Lipinski definition) is 1. The number of carbonyl (C=O) groups is 1. The van der Waals surface area contributed by atoms with Crippen LogP contribution in [0.25, 0.3) is 10.9 Å². The molecule has 88 valence electrons. The lowest BCUT2D eigenvalue weighted by Gasteiger charge is -2.11. The molecular weight excluding hydrogens is 238 g/mol. The van der Waals surface area contributed by atoms with Gasteiger partial charge in [0.15, 0.2) is 0 Å². The second-order valence-corrected chi connectivity index (χ2v) is 4.82. The molecular formula is C13H12ClNO2. The highest BCUT2D eigenvalue weighted by atomic mass is 35.5. The summed E-state index contributed by atoms with van der Waals surface area (Å²) in [6.07, 6.45) is 4.34. The smallest absolute Gasteiger partial charge is 0.337 e. The quantitative estimate of drug-likeness (QED) is 0.814. The van der Waals surface area contributed by atoms with E-state index in [0.29, 0.717) is 5.02 Å². The van der Waals surface area contributed by atoms with E-state index in [9.17, 15) is 4.79 Å². The molecule has 3 nitrogen and oxygen atoms in total. The molecule has 17 heavy (non-hydrogen) atoms. The Kier molecular flexibility index (Phi) is 2.37. The van der Waals surface area contributed by atoms with Crippen LogP contribution < -0.4 is 0 Å². The van der Waals surface area contributed by atoms with Crippen LogP contribution in [0.4, 0.5) is 0 Å². The maximum Gasteiger partial charge on any atom is 0.337 e. The van der Waals surface area contributed by atoms with Crippen molar-refractivity contribution in [3.05, 3.63) is 34.0 Å². The van der Waals surface area contributed by atoms with Crippen molar-refractivity contribution in [2.24, 2.45) is 0 Å². The van der Waals surface area contributed by atoms with E-state index in [1.807, 2.05) is 6.07 Å². The summed E-state index contributed by atoms with van der Waals surface area (Å²) in [7, 11) is 0. The number of carboxylic acids is 1. The van der Waals surface area contributed by atoms with Gasteiger partial charge in [-0.15, -0.1) is 0 Å². The maximum absolute atomic E-state index is 11.1. The molecule has 1 aromatic heterocycles. The summed E-state index contributed by atoms with van der Waals surface area (Å²) in [5.74, 6) is -0.970. The van der Waals surface area contributed by atoms with E-state index < -0.39 is 5.97 Å². The molecule has 0 fully saturated rings. The zero-order chi connectivity index (χ0) is 12.0. The first kappa shape index (κ1) is 10.7. The van der Waals surface area contributed by atoms with E-state index in [1.165, 1.54) is 17.7 Å². The van der Waals surface area contributed by atoms with Crippen LogP contribution in [0, 0.1) is 0 Å². The molecule has 1 heterocycles. The van der Waals surface area contributed by atoms with Gasteiger partial charge in [0.05, 0.1) is 10.6 Å². The van der Waals surface area contributed by atoms with E-state index in [2.05, 4.69) is 4.98 Å². The minimum absolute atomic E-state index is 0.187. The molecule has 1 aliphatic rings. The molecule has 1 aliphatic carbocycles. The molecule has 0 unspecified atom stereocenters. The topological polar surface area (TPSA) is 53.1 Å². The Hall–Kier alpha value is -1.48. The molecule has 0 bridgehead atoms. The van der Waals surface area contributed by atoms with Gasteiger partial charge in [0.25, 0.3) is 0 Å². The summed E-state index contributed by atoms with van der Waals surface area (Å²) >= 11 is 6.21. The number of aromatic amines is 1. The monoisotopic (exact) mass is 249 g/mol. The van der Waals surface area contributed by atoms with Crippen molar-refractivity contribution in [1.82, 2.24) is 4.98 Å². The predicted octanol–water partition coefficient (Wildman–Crippen LogP) is 3.40. The average Bonchev–Trinajstić information content (AvgIpc) is 2.67. The first-order valence-electron chi connectivity index (χ1n) is 5.73. The van der Waals surface area contributed by atoms with Gasteiger partial charge in [-0.2, -0.15) is 0 Å². The molecule has 2 aromatic rings. The number of nitrogens with one attached hydrogen (secondary N) is 1. The normalized spacial score (nSPS) is 14.9. The molecule has 4 heteroatoms. The van der Waals surface area contributed by atoms with E-state index in [0.717, 1.165) is 30.2 Å². The molecule has 0 radical (unpaired) electrons. The van der Waals surface area contributed by atoms with Gasteiger partial charge in [0.2, 0.25) is 0 Å². The van der Waals surface area contributed by atoms with Crippen LogP contribution >= 0.6 is 11.6 Å². The van der Waals surface area contributed by atoms with E-state index in [4.69, 9.17) is 16.7 Å². The zero-order valence-electron chi connectivity index (χ0n) is 9.22. The summed E-state index contributed by atoms with van der Waals surface area (Å²) < 4.78 is 0. The fraction of sp³-hybridized carbons (Fsp3) is 0.308. The summed E-state index contributed by atoms with van der Waals surface area (Å²) in [5.41, 5.74) is 3.56. The number of carboxylic acid groups (broad SMARTS) is 1. The summed E-state index contributed by atoms with van der Waals surface area (Å²) in [4.78, 5) is 14.4. The number of fused-ring (bicyclic) bond motifs is 3. The number of aromatic carboxylic acids is 1. The summed E-state index contributed by atoms with van der Waals surface area (Å²) in [5, 5.41) is 10.3. The predicted molar refractivity (Wildman–Crippen MR) is 66.9 cm³/mol. The Balaban J connectivity index is 2.34. The average molecular weight is 250 g/mol. The van der Waals surface area contributed by atoms with E-state index in [1.54, 1.807) is 6.07 Å². The van der Waals surface area contributed by atoms with Gasteiger partial charge < -0.3 is 10.1 Å². The summed E-state index contributed by atoms with van der Waals surface area (Å²) in [6.45, 7) is 0. The van der Waals surface area contributed by atoms with Crippen LogP contribution in [0.1, 0.15) is 34.5 Å². The highest BCUT2D eigenvalue weighted by Crippen LogP contribution is 2.35. The van der Waals surface area contributed by atoms with Crippen molar-refractivity contribution in [1.29, 1.82) is 0 Å². The Morgan fingerprint density at radius 1 is 1.29 bits per heavy atom. The van der Waals surface area contributed by atoms with Gasteiger partial charge in [-0.05, 0) is 43.4 Å². The lowest BCUT2D eigenvalue weighted by molar-refractivity contribution is 0.0697. The highest BCUT2D eigenvalue weighted by molar-refractivity contribution is 6.38. The molecule has 2 N–H and O–H groups in total. The Labute approximate surface area is 103 Å². The minimum atomic E-state index is -0.970. The van der Waals surface area contributed by atoms with Gasteiger partial charge >= 0.3 is 5.97 Å². The summed E-state index contributed by atoms with van der Waals surface area (Å²) in [6, 6.07) is 3.37. The SMILES string of the molecule is O=C(O)c1ccc2[nH]c3c(c2c1Cl)CCCC3. The molecule has 0 atom stereocenters. The van der Waals surface area contributed by atoms with Crippen LogP contribution in [0.2, 0.25) is 5.02 Å². The molecule has 0 amide bonds. The van der Waals surface area contributed by atoms with Crippen molar-refractivity contribution >= 4 is 28.5 Å². The number of rotatable bonds is 1. The van der Waals surface area contributed by atoms with E-state index >= 15 is 0 Å². The van der Waals surface area contributed by atoms with Crippen LogP contribution in [0.5, 0.6) is 0 Å². The van der Waals surface area contributed by atoms with Crippen LogP contribution in [-0.4, -0.2) is 16.1 Å². The van der Waals surface area contributed by atoms with E-state index in [-0.39, 0.29) is 5.56 Å². The van der Waals surface area contributed by atoms with Crippen molar-refractivity contribution < 1.29 is 9.90 Å². The van der Waals surface area contributed by atoms with Gasteiger partial charge in [-0.3, -0.25) is 0 Å². The number of benzene rings is 1. The lowest BCUT2D eigenvalue weighted by Crippen LogP contribution is -2.01. The molecule has 0 spiro atoms.